The smallest absolute Gasteiger partial charge is 0.234 e. The molecule has 0 spiro atoms. The number of carbonyl (C=O) groups excluding carboxylic acids is 1. The molecule has 7 nitrogen and oxygen atoms in total. The Morgan fingerprint density at radius 3 is 3.21 bits per heavy atom. The first kappa shape index (κ1) is 17.1. The zero-order chi connectivity index (χ0) is 16.8. The van der Waals surface area contributed by atoms with Gasteiger partial charge in [-0.25, -0.2) is 5.43 Å². The Hall–Kier alpha value is -1.77. The molecule has 0 aromatic carbocycles. The molecule has 0 bridgehead atoms. The first-order chi connectivity index (χ1) is 11.7. The molecule has 2 unspecified atom stereocenters. The van der Waals surface area contributed by atoms with Crippen molar-refractivity contribution in [2.24, 2.45) is 0 Å². The third kappa shape index (κ3) is 4.86. The molecule has 2 atom stereocenters. The molecule has 2 aromatic rings. The lowest BCUT2D eigenvalue weighted by atomic mass is 10.1. The largest absolute Gasteiger partial charge is 0.378 e. The molecule has 8 heteroatoms. The Kier molecular flexibility index (Phi) is 5.95. The van der Waals surface area contributed by atoms with Crippen LogP contribution in [0.25, 0.3) is 10.7 Å². The number of hydrazine groups is 1. The van der Waals surface area contributed by atoms with Gasteiger partial charge in [0, 0.05) is 25.5 Å². The van der Waals surface area contributed by atoms with Crippen molar-refractivity contribution in [1.82, 2.24) is 21.0 Å². The summed E-state index contributed by atoms with van der Waals surface area (Å²) >= 11 is 1.57. The lowest BCUT2D eigenvalue weighted by molar-refractivity contribution is -0.122. The van der Waals surface area contributed by atoms with E-state index in [-0.39, 0.29) is 18.1 Å². The normalized spacial score (nSPS) is 20.9. The zero-order valence-electron chi connectivity index (χ0n) is 13.7. The van der Waals surface area contributed by atoms with Gasteiger partial charge in [0.15, 0.2) is 0 Å². The lowest BCUT2D eigenvalue weighted by Gasteiger charge is -2.28. The Bertz CT molecular complexity index is 644. The predicted molar refractivity (Wildman–Crippen MR) is 90.3 cm³/mol. The predicted octanol–water partition coefficient (Wildman–Crippen LogP) is 2.31. The monoisotopic (exact) mass is 350 g/mol. The van der Waals surface area contributed by atoms with Gasteiger partial charge in [-0.15, -0.1) is 11.3 Å². The van der Waals surface area contributed by atoms with Crippen LogP contribution >= 0.6 is 11.3 Å². The fourth-order valence-corrected chi connectivity index (χ4v) is 3.29. The van der Waals surface area contributed by atoms with Crippen molar-refractivity contribution in [2.75, 3.05) is 6.61 Å². The fraction of sp³-hybridized carbons (Fsp3) is 0.562. The molecule has 0 aliphatic carbocycles. The molecule has 3 rings (SSSR count). The zero-order valence-corrected chi connectivity index (χ0v) is 14.5. The maximum Gasteiger partial charge on any atom is 0.234 e. The van der Waals surface area contributed by atoms with Crippen molar-refractivity contribution < 1.29 is 14.1 Å². The summed E-state index contributed by atoms with van der Waals surface area (Å²) in [4.78, 5) is 17.2. The van der Waals surface area contributed by atoms with E-state index in [2.05, 4.69) is 21.0 Å². The number of hydrogen-bond acceptors (Lipinski definition) is 7. The van der Waals surface area contributed by atoms with Crippen LogP contribution in [0.1, 0.15) is 38.5 Å². The molecule has 1 aliphatic heterocycles. The van der Waals surface area contributed by atoms with Crippen LogP contribution in [0.3, 0.4) is 0 Å². The molecule has 0 saturated carbocycles. The molecule has 1 amide bonds. The minimum absolute atomic E-state index is 0.0212. The van der Waals surface area contributed by atoms with Gasteiger partial charge in [0.1, 0.15) is 0 Å². The van der Waals surface area contributed by atoms with E-state index in [1.54, 1.807) is 11.3 Å². The van der Waals surface area contributed by atoms with Crippen molar-refractivity contribution >= 4 is 17.2 Å². The van der Waals surface area contributed by atoms with E-state index >= 15 is 0 Å². The Morgan fingerprint density at radius 2 is 2.42 bits per heavy atom. The Balaban J connectivity index is 1.35. The topological polar surface area (TPSA) is 89.3 Å². The second kappa shape index (κ2) is 8.36. The van der Waals surface area contributed by atoms with Crippen molar-refractivity contribution in [3.8, 4) is 10.7 Å². The molecule has 2 aromatic heterocycles. The van der Waals surface area contributed by atoms with Crippen LogP contribution in [0.15, 0.2) is 22.0 Å². The van der Waals surface area contributed by atoms with Crippen molar-refractivity contribution in [1.29, 1.82) is 0 Å². The molecule has 2 N–H and O–H groups in total. The first-order valence-electron chi connectivity index (χ1n) is 8.23. The number of carbonyl (C=O) groups is 1. The number of rotatable bonds is 7. The molecule has 0 radical (unpaired) electrons. The van der Waals surface area contributed by atoms with E-state index in [1.165, 1.54) is 0 Å². The summed E-state index contributed by atoms with van der Waals surface area (Å²) in [6, 6.07) is 4.18. The lowest BCUT2D eigenvalue weighted by Crippen LogP contribution is -2.47. The summed E-state index contributed by atoms with van der Waals surface area (Å²) < 4.78 is 10.7. The molecule has 24 heavy (non-hydrogen) atoms. The standard InChI is InChI=1S/C16H22N4O3S/c1-11-10-12(7-8-22-11)18-19-14(21)5-2-6-15-17-16(20-23-15)13-4-3-9-24-13/h3-4,9,11-12,18H,2,5-8,10H2,1H3,(H,19,21). The second-order valence-electron chi connectivity index (χ2n) is 5.94. The molecule has 1 saturated heterocycles. The average Bonchev–Trinajstić information content (AvgIpc) is 3.24. The minimum atomic E-state index is -0.0212. The van der Waals surface area contributed by atoms with Crippen LogP contribution in [0.5, 0.6) is 0 Å². The van der Waals surface area contributed by atoms with Crippen LogP contribution in [-0.2, 0) is 16.0 Å². The van der Waals surface area contributed by atoms with Gasteiger partial charge in [-0.05, 0) is 37.6 Å². The number of hydrogen-bond donors (Lipinski definition) is 2. The molecule has 3 heterocycles. The second-order valence-corrected chi connectivity index (χ2v) is 6.89. The van der Waals surface area contributed by atoms with Crippen LogP contribution < -0.4 is 10.9 Å². The van der Waals surface area contributed by atoms with Crippen LogP contribution in [-0.4, -0.2) is 34.8 Å². The van der Waals surface area contributed by atoms with E-state index in [1.807, 2.05) is 24.4 Å². The fourth-order valence-electron chi connectivity index (χ4n) is 2.64. The molecular weight excluding hydrogens is 328 g/mol. The molecular formula is C16H22N4O3S. The number of nitrogens with zero attached hydrogens (tertiary/aromatic N) is 2. The van der Waals surface area contributed by atoms with E-state index in [4.69, 9.17) is 9.26 Å². The maximum absolute atomic E-state index is 11.9. The van der Waals surface area contributed by atoms with Gasteiger partial charge < -0.3 is 9.26 Å². The number of aromatic nitrogens is 2. The van der Waals surface area contributed by atoms with Gasteiger partial charge in [-0.3, -0.25) is 10.2 Å². The van der Waals surface area contributed by atoms with Crippen molar-refractivity contribution in [2.45, 2.75) is 51.2 Å². The highest BCUT2D eigenvalue weighted by molar-refractivity contribution is 7.13. The van der Waals surface area contributed by atoms with E-state index < -0.39 is 0 Å². The summed E-state index contributed by atoms with van der Waals surface area (Å²) in [6.45, 7) is 2.78. The van der Waals surface area contributed by atoms with E-state index in [0.29, 0.717) is 31.0 Å². The van der Waals surface area contributed by atoms with Crippen LogP contribution in [0.4, 0.5) is 0 Å². The number of amides is 1. The van der Waals surface area contributed by atoms with Crippen molar-refractivity contribution in [3.63, 3.8) is 0 Å². The van der Waals surface area contributed by atoms with Crippen LogP contribution in [0, 0.1) is 0 Å². The first-order valence-corrected chi connectivity index (χ1v) is 9.11. The average molecular weight is 350 g/mol. The summed E-state index contributed by atoms with van der Waals surface area (Å²) in [6.07, 6.45) is 3.75. The van der Waals surface area contributed by atoms with E-state index in [9.17, 15) is 4.79 Å². The molecule has 1 fully saturated rings. The summed E-state index contributed by atoms with van der Waals surface area (Å²) in [5.74, 6) is 1.16. The highest BCUT2D eigenvalue weighted by atomic mass is 32.1. The Morgan fingerprint density at radius 1 is 1.50 bits per heavy atom. The number of aryl methyl sites for hydroxylation is 1. The number of ether oxygens (including phenoxy) is 1. The third-order valence-corrected chi connectivity index (χ3v) is 4.77. The van der Waals surface area contributed by atoms with E-state index in [0.717, 1.165) is 24.3 Å². The highest BCUT2D eigenvalue weighted by Gasteiger charge is 2.19. The van der Waals surface area contributed by atoms with Crippen LogP contribution in [0.2, 0.25) is 0 Å². The maximum atomic E-state index is 11.9. The van der Waals surface area contributed by atoms with Gasteiger partial charge in [-0.1, -0.05) is 11.2 Å². The number of nitrogens with one attached hydrogen (secondary N) is 2. The third-order valence-electron chi connectivity index (χ3n) is 3.90. The number of thiophene rings is 1. The quantitative estimate of drug-likeness (QED) is 0.745. The SMILES string of the molecule is CC1CC(NNC(=O)CCCc2nc(-c3cccs3)no2)CCO1. The van der Waals surface area contributed by atoms with Gasteiger partial charge in [0.05, 0.1) is 11.0 Å². The van der Waals surface area contributed by atoms with Gasteiger partial charge in [0.2, 0.25) is 17.6 Å². The summed E-state index contributed by atoms with van der Waals surface area (Å²) in [5.41, 5.74) is 5.87. The molecule has 1 aliphatic rings. The summed E-state index contributed by atoms with van der Waals surface area (Å²) in [7, 11) is 0. The minimum Gasteiger partial charge on any atom is -0.378 e. The van der Waals surface area contributed by atoms with Gasteiger partial charge >= 0.3 is 0 Å². The van der Waals surface area contributed by atoms with Gasteiger partial charge in [0.25, 0.3) is 0 Å². The molecule has 130 valence electrons. The van der Waals surface area contributed by atoms with Crippen molar-refractivity contribution in [3.05, 3.63) is 23.4 Å². The summed E-state index contributed by atoms with van der Waals surface area (Å²) in [5, 5.41) is 5.93. The van der Waals surface area contributed by atoms with Gasteiger partial charge in [-0.2, -0.15) is 4.98 Å². The highest BCUT2D eigenvalue weighted by Crippen LogP contribution is 2.21. The Labute approximate surface area is 144 Å².